The molecule has 0 aromatic carbocycles. The van der Waals surface area contributed by atoms with E-state index in [1.165, 1.54) is 88.6 Å². The van der Waals surface area contributed by atoms with Gasteiger partial charge >= 0.3 is 0 Å². The molecule has 0 aromatic heterocycles. The highest BCUT2D eigenvalue weighted by Crippen LogP contribution is 2.24. The number of unbranched alkanes of at least 4 members (excludes halogenated alkanes) is 10. The number of hydrogen-bond donors (Lipinski definition) is 2. The van der Waals surface area contributed by atoms with Crippen LogP contribution in [-0.2, 0) is 0 Å². The molecule has 20 heavy (non-hydrogen) atoms. The molecule has 0 saturated carbocycles. The van der Waals surface area contributed by atoms with Crippen molar-refractivity contribution in [3.63, 3.8) is 0 Å². The molecule has 0 radical (unpaired) electrons. The second-order valence-electron chi connectivity index (χ2n) is 5.46. The van der Waals surface area contributed by atoms with E-state index in [2.05, 4.69) is 21.6 Å². The normalized spacial score (nSPS) is 11.1. The zero-order valence-electron chi connectivity index (χ0n) is 13.3. The van der Waals surface area contributed by atoms with E-state index < -0.39 is 0 Å². The Morgan fingerprint density at radius 2 is 0.700 bits per heavy atom. The van der Waals surface area contributed by atoms with Gasteiger partial charge in [0.15, 0.2) is 0 Å². The highest BCUT2D eigenvalue weighted by Gasteiger charge is 1.94. The molecular formula is C16H36N2S2. The van der Waals surface area contributed by atoms with Crippen LogP contribution in [0.5, 0.6) is 0 Å². The van der Waals surface area contributed by atoms with E-state index in [9.17, 15) is 0 Å². The molecule has 0 heterocycles. The molecule has 0 unspecified atom stereocenters. The number of rotatable bonds is 17. The van der Waals surface area contributed by atoms with Gasteiger partial charge in [-0.1, -0.05) is 73.0 Å². The molecule has 0 aliphatic heterocycles. The molecule has 0 rings (SSSR count). The van der Waals surface area contributed by atoms with Gasteiger partial charge in [0.25, 0.3) is 0 Å². The van der Waals surface area contributed by atoms with Crippen LogP contribution in [0.4, 0.5) is 0 Å². The predicted molar refractivity (Wildman–Crippen MR) is 98.4 cm³/mol. The summed E-state index contributed by atoms with van der Waals surface area (Å²) in [6.45, 7) is 1.72. The van der Waals surface area contributed by atoms with Gasteiger partial charge in [0.2, 0.25) is 0 Å². The molecule has 0 fully saturated rings. The van der Waals surface area contributed by atoms with Gasteiger partial charge in [-0.2, -0.15) is 0 Å². The summed E-state index contributed by atoms with van der Waals surface area (Å²) in [6, 6.07) is 0. The third-order valence-corrected chi connectivity index (χ3v) is 6.02. The fourth-order valence-electron chi connectivity index (χ4n) is 2.14. The van der Waals surface area contributed by atoms with Crippen LogP contribution < -0.4 is 11.5 Å². The summed E-state index contributed by atoms with van der Waals surface area (Å²) < 4.78 is 0. The van der Waals surface area contributed by atoms with Crippen LogP contribution in [-0.4, -0.2) is 24.6 Å². The van der Waals surface area contributed by atoms with Gasteiger partial charge < -0.3 is 11.5 Å². The first-order valence-corrected chi connectivity index (χ1v) is 11.0. The molecule has 0 aromatic rings. The van der Waals surface area contributed by atoms with Gasteiger partial charge in [-0.05, 0) is 38.8 Å². The first-order valence-electron chi connectivity index (χ1n) is 8.56. The third-order valence-electron chi connectivity index (χ3n) is 3.45. The summed E-state index contributed by atoms with van der Waals surface area (Å²) in [4.78, 5) is 0. The summed E-state index contributed by atoms with van der Waals surface area (Å²) in [5, 5.41) is 0. The maximum atomic E-state index is 5.48. The smallest absolute Gasteiger partial charge is 0.00369 e. The predicted octanol–water partition coefficient (Wildman–Crippen LogP) is 4.97. The van der Waals surface area contributed by atoms with Crippen LogP contribution >= 0.6 is 21.6 Å². The third kappa shape index (κ3) is 18.6. The van der Waals surface area contributed by atoms with Crippen molar-refractivity contribution in [1.82, 2.24) is 0 Å². The monoisotopic (exact) mass is 320 g/mol. The molecule has 4 heteroatoms. The molecule has 0 amide bonds. The lowest BCUT2D eigenvalue weighted by molar-refractivity contribution is 0.613. The van der Waals surface area contributed by atoms with Gasteiger partial charge in [0.1, 0.15) is 0 Å². The fraction of sp³-hybridized carbons (Fsp3) is 1.00. The Balaban J connectivity index is 2.89. The van der Waals surface area contributed by atoms with Crippen LogP contribution in [0.25, 0.3) is 0 Å². The Labute approximate surface area is 135 Å². The van der Waals surface area contributed by atoms with Crippen molar-refractivity contribution in [2.24, 2.45) is 11.5 Å². The van der Waals surface area contributed by atoms with Crippen LogP contribution in [0.3, 0.4) is 0 Å². The van der Waals surface area contributed by atoms with Crippen molar-refractivity contribution in [1.29, 1.82) is 0 Å². The van der Waals surface area contributed by atoms with Crippen LogP contribution in [0.15, 0.2) is 0 Å². The molecule has 0 bridgehead atoms. The molecule has 0 atom stereocenters. The van der Waals surface area contributed by atoms with Gasteiger partial charge in [0.05, 0.1) is 0 Å². The van der Waals surface area contributed by atoms with E-state index in [1.807, 2.05) is 0 Å². The standard InChI is InChI=1S/C16H36N2S2/c17-13-9-5-1-3-7-11-15-19-20-16-12-8-4-2-6-10-14-18/h1-18H2. The zero-order chi connectivity index (χ0) is 14.7. The molecule has 122 valence electrons. The van der Waals surface area contributed by atoms with Gasteiger partial charge in [0, 0.05) is 11.5 Å². The lowest BCUT2D eigenvalue weighted by Crippen LogP contribution is -1.97. The van der Waals surface area contributed by atoms with Crippen LogP contribution in [0.2, 0.25) is 0 Å². The molecular weight excluding hydrogens is 284 g/mol. The number of nitrogens with two attached hydrogens (primary N) is 2. The van der Waals surface area contributed by atoms with Gasteiger partial charge in [-0.25, -0.2) is 0 Å². The SMILES string of the molecule is NCCCCCCCCSSCCCCCCCCN. The molecule has 4 N–H and O–H groups in total. The van der Waals surface area contributed by atoms with Crippen molar-refractivity contribution in [3.05, 3.63) is 0 Å². The molecule has 0 aliphatic rings. The van der Waals surface area contributed by atoms with E-state index in [-0.39, 0.29) is 0 Å². The first-order chi connectivity index (χ1) is 9.91. The quantitative estimate of drug-likeness (QED) is 0.293. The molecule has 0 spiro atoms. The van der Waals surface area contributed by atoms with Crippen molar-refractivity contribution >= 4 is 21.6 Å². The Kier molecular flexibility index (Phi) is 20.2. The minimum absolute atomic E-state index is 0.861. The number of hydrogen-bond acceptors (Lipinski definition) is 4. The molecule has 0 saturated heterocycles. The second kappa shape index (κ2) is 19.6. The molecule has 0 aliphatic carbocycles. The zero-order valence-corrected chi connectivity index (χ0v) is 14.9. The van der Waals surface area contributed by atoms with Crippen molar-refractivity contribution in [3.8, 4) is 0 Å². The average Bonchev–Trinajstić information content (AvgIpc) is 2.47. The minimum atomic E-state index is 0.861. The van der Waals surface area contributed by atoms with Crippen molar-refractivity contribution in [2.75, 3.05) is 24.6 Å². The highest BCUT2D eigenvalue weighted by molar-refractivity contribution is 8.76. The van der Waals surface area contributed by atoms with E-state index in [1.54, 1.807) is 0 Å². The summed E-state index contributed by atoms with van der Waals surface area (Å²) in [6.07, 6.45) is 16.2. The lowest BCUT2D eigenvalue weighted by atomic mass is 10.1. The van der Waals surface area contributed by atoms with Crippen molar-refractivity contribution < 1.29 is 0 Å². The highest BCUT2D eigenvalue weighted by atomic mass is 33.1. The Morgan fingerprint density at radius 3 is 1.05 bits per heavy atom. The summed E-state index contributed by atoms with van der Waals surface area (Å²) in [5.41, 5.74) is 11.0. The van der Waals surface area contributed by atoms with E-state index >= 15 is 0 Å². The average molecular weight is 321 g/mol. The Hall–Kier alpha value is 0.620. The minimum Gasteiger partial charge on any atom is -0.330 e. The van der Waals surface area contributed by atoms with Gasteiger partial charge in [-0.3, -0.25) is 0 Å². The Bertz CT molecular complexity index is 151. The van der Waals surface area contributed by atoms with Gasteiger partial charge in [-0.15, -0.1) is 0 Å². The second-order valence-corrected chi connectivity index (χ2v) is 8.17. The molecule has 2 nitrogen and oxygen atoms in total. The summed E-state index contributed by atoms with van der Waals surface area (Å²) >= 11 is 0. The van der Waals surface area contributed by atoms with E-state index in [0.717, 1.165) is 13.1 Å². The Morgan fingerprint density at radius 1 is 0.400 bits per heavy atom. The van der Waals surface area contributed by atoms with E-state index in [4.69, 9.17) is 11.5 Å². The largest absolute Gasteiger partial charge is 0.330 e. The first kappa shape index (κ1) is 20.6. The lowest BCUT2D eigenvalue weighted by Gasteiger charge is -2.03. The maximum Gasteiger partial charge on any atom is 0.00369 e. The van der Waals surface area contributed by atoms with Crippen molar-refractivity contribution in [2.45, 2.75) is 77.0 Å². The fourth-order valence-corrected chi connectivity index (χ4v) is 4.44. The topological polar surface area (TPSA) is 52.0 Å². The van der Waals surface area contributed by atoms with E-state index in [0.29, 0.717) is 0 Å². The summed E-state index contributed by atoms with van der Waals surface area (Å²) in [7, 11) is 4.15. The summed E-state index contributed by atoms with van der Waals surface area (Å²) in [5.74, 6) is 2.66. The van der Waals surface area contributed by atoms with Crippen LogP contribution in [0.1, 0.15) is 77.0 Å². The van der Waals surface area contributed by atoms with Crippen LogP contribution in [0, 0.1) is 0 Å². The maximum absolute atomic E-state index is 5.48.